The summed E-state index contributed by atoms with van der Waals surface area (Å²) >= 11 is 0. The molecule has 8 bridgehead atoms. The third kappa shape index (κ3) is 6.38. The third-order valence-electron chi connectivity index (χ3n) is 9.28. The molecular formula is C45H29F3N4Pt. The molecule has 2 aliphatic heterocycles. The molecule has 0 fully saturated rings. The van der Waals surface area contributed by atoms with Crippen LogP contribution < -0.4 is 0 Å². The van der Waals surface area contributed by atoms with E-state index in [4.69, 9.17) is 9.97 Å². The SMILES string of the molecule is FC(F)(F)C1=Cc2cc3ccc(cc4nc(cc5c(-c6ccccc6)c(-c6ccccc6)c(c(-c6ccccc6)c1n2)n5-c1ccccc1)C=C4)[nH]3.[Pt]. The summed E-state index contributed by atoms with van der Waals surface area (Å²) in [7, 11) is 0. The van der Waals surface area contributed by atoms with Crippen LogP contribution in [0.1, 0.15) is 22.8 Å². The number of halogens is 3. The summed E-state index contributed by atoms with van der Waals surface area (Å²) in [6, 6.07) is 48.2. The number of hydrogen-bond acceptors (Lipinski definition) is 2. The van der Waals surface area contributed by atoms with Crippen molar-refractivity contribution in [3.63, 3.8) is 0 Å². The molecule has 0 unspecified atom stereocenters. The second-order valence-electron chi connectivity index (χ2n) is 12.7. The molecule has 5 heterocycles. The third-order valence-corrected chi connectivity index (χ3v) is 9.28. The molecule has 0 amide bonds. The number of allylic oxidation sites excluding steroid dienone is 1. The molecule has 0 radical (unpaired) electrons. The van der Waals surface area contributed by atoms with Crippen molar-refractivity contribution < 1.29 is 34.2 Å². The Balaban J connectivity index is 0.00000400. The molecule has 0 spiro atoms. The van der Waals surface area contributed by atoms with Gasteiger partial charge in [0, 0.05) is 54.5 Å². The maximum Gasteiger partial charge on any atom is 0.418 e. The average Bonchev–Trinajstić information content (AvgIpc) is 3.97. The second kappa shape index (κ2) is 13.8. The van der Waals surface area contributed by atoms with Crippen LogP contribution in [0.15, 0.2) is 152 Å². The van der Waals surface area contributed by atoms with Crippen LogP contribution in [0.5, 0.6) is 0 Å². The molecule has 3 aromatic heterocycles. The Morgan fingerprint density at radius 3 is 1.57 bits per heavy atom. The number of rotatable bonds is 4. The van der Waals surface area contributed by atoms with Crippen molar-refractivity contribution >= 4 is 45.9 Å². The van der Waals surface area contributed by atoms with Crippen molar-refractivity contribution in [2.45, 2.75) is 6.18 Å². The molecule has 0 aliphatic carbocycles. The van der Waals surface area contributed by atoms with Crippen LogP contribution >= 0.6 is 0 Å². The number of H-pyrrole nitrogens is 1. The summed E-state index contributed by atoms with van der Waals surface area (Å²) in [6.45, 7) is 0. The zero-order valence-electron chi connectivity index (χ0n) is 28.0. The van der Waals surface area contributed by atoms with Gasteiger partial charge in [0.2, 0.25) is 0 Å². The number of hydrogen-bond donors (Lipinski definition) is 1. The zero-order chi connectivity index (χ0) is 35.2. The Hall–Kier alpha value is -6.04. The first kappa shape index (κ1) is 34.1. The number of para-hydroxylation sites is 1. The second-order valence-corrected chi connectivity index (χ2v) is 12.7. The molecule has 1 N–H and O–H groups in total. The average molecular weight is 878 g/mol. The Morgan fingerprint density at radius 2 is 1.00 bits per heavy atom. The number of nitrogens with one attached hydrogen (secondary N) is 1. The first-order valence-corrected chi connectivity index (χ1v) is 16.9. The van der Waals surface area contributed by atoms with Crippen molar-refractivity contribution in [2.75, 3.05) is 0 Å². The summed E-state index contributed by atoms with van der Waals surface area (Å²) in [4.78, 5) is 13.1. The predicted octanol–water partition coefficient (Wildman–Crippen LogP) is 12.0. The van der Waals surface area contributed by atoms with Gasteiger partial charge in [-0.2, -0.15) is 13.2 Å². The van der Waals surface area contributed by atoms with E-state index >= 15 is 13.2 Å². The molecule has 2 aliphatic rings. The fourth-order valence-corrected chi connectivity index (χ4v) is 7.11. The number of aromatic amines is 1. The Morgan fingerprint density at radius 1 is 0.509 bits per heavy atom. The number of aromatic nitrogens is 4. The minimum absolute atomic E-state index is 0. The van der Waals surface area contributed by atoms with Crippen LogP contribution in [-0.4, -0.2) is 25.7 Å². The summed E-state index contributed by atoms with van der Waals surface area (Å²) in [5, 5.41) is 0. The van der Waals surface area contributed by atoms with Crippen molar-refractivity contribution in [3.8, 4) is 39.1 Å². The van der Waals surface area contributed by atoms with Gasteiger partial charge in [0.1, 0.15) is 0 Å². The van der Waals surface area contributed by atoms with Crippen molar-refractivity contribution in [3.05, 3.63) is 174 Å². The molecule has 0 saturated carbocycles. The van der Waals surface area contributed by atoms with E-state index in [-0.39, 0.29) is 32.5 Å². The Labute approximate surface area is 317 Å². The molecule has 4 nitrogen and oxygen atoms in total. The molecule has 260 valence electrons. The maximum atomic E-state index is 15.4. The zero-order valence-corrected chi connectivity index (χ0v) is 30.2. The topological polar surface area (TPSA) is 46.5 Å². The van der Waals surface area contributed by atoms with Gasteiger partial charge in [-0.15, -0.1) is 0 Å². The fourth-order valence-electron chi connectivity index (χ4n) is 7.11. The van der Waals surface area contributed by atoms with Gasteiger partial charge in [0.05, 0.1) is 39.4 Å². The molecule has 0 saturated heterocycles. The van der Waals surface area contributed by atoms with Gasteiger partial charge in [-0.25, -0.2) is 9.97 Å². The van der Waals surface area contributed by atoms with Crippen LogP contribution in [-0.2, 0) is 21.1 Å². The van der Waals surface area contributed by atoms with Crippen molar-refractivity contribution in [1.29, 1.82) is 0 Å². The van der Waals surface area contributed by atoms with Gasteiger partial charge >= 0.3 is 6.18 Å². The van der Waals surface area contributed by atoms with E-state index in [0.717, 1.165) is 50.7 Å². The number of benzene rings is 4. The summed E-state index contributed by atoms with van der Waals surface area (Å²) < 4.78 is 48.2. The molecule has 53 heavy (non-hydrogen) atoms. The Bertz CT molecular complexity index is 2700. The quantitative estimate of drug-likeness (QED) is 0.191. The van der Waals surface area contributed by atoms with E-state index in [2.05, 4.69) is 9.55 Å². The van der Waals surface area contributed by atoms with Gasteiger partial charge in [-0.05, 0) is 77.4 Å². The fraction of sp³-hybridized carbons (Fsp3) is 0.0222. The minimum atomic E-state index is -4.70. The van der Waals surface area contributed by atoms with Crippen LogP contribution in [0, 0.1) is 0 Å². The van der Waals surface area contributed by atoms with E-state index < -0.39 is 11.7 Å². The first-order valence-electron chi connectivity index (χ1n) is 16.9. The monoisotopic (exact) mass is 877 g/mol. The maximum absolute atomic E-state index is 15.4. The smallest absolute Gasteiger partial charge is 0.355 e. The minimum Gasteiger partial charge on any atom is -0.355 e. The molecular weight excluding hydrogens is 849 g/mol. The largest absolute Gasteiger partial charge is 0.418 e. The van der Waals surface area contributed by atoms with E-state index in [0.29, 0.717) is 27.9 Å². The first-order chi connectivity index (χ1) is 25.4. The molecule has 9 rings (SSSR count). The van der Waals surface area contributed by atoms with Gasteiger partial charge in [0.25, 0.3) is 0 Å². The standard InChI is InChI=1S/C45H29F3N4.Pt/c46-45(47,48)38-27-36-26-34-22-21-32(49-34)25-33-23-24-35(50-33)28-39-40(29-13-5-1-6-14-29)41(30-15-7-2-8-16-30)44(52(39)37-19-11-4-12-20-37)42(43(38)51-36)31-17-9-3-10-18-31;/h1-28,49H;. The number of alkyl halides is 3. The van der Waals surface area contributed by atoms with Gasteiger partial charge < -0.3 is 9.55 Å². The normalized spacial score (nSPS) is 12.3. The van der Waals surface area contributed by atoms with Crippen molar-refractivity contribution in [2.24, 2.45) is 0 Å². The summed E-state index contributed by atoms with van der Waals surface area (Å²) in [6.07, 6.45) is 0.379. The predicted molar refractivity (Wildman–Crippen MR) is 205 cm³/mol. The van der Waals surface area contributed by atoms with Gasteiger partial charge in [0.15, 0.2) is 0 Å². The summed E-state index contributed by atoms with van der Waals surface area (Å²) in [5.74, 6) is 0. The molecule has 0 atom stereocenters. The van der Waals surface area contributed by atoms with Crippen LogP contribution in [0.2, 0.25) is 0 Å². The van der Waals surface area contributed by atoms with Crippen molar-refractivity contribution in [1.82, 2.24) is 19.5 Å². The van der Waals surface area contributed by atoms with E-state index in [1.165, 1.54) is 0 Å². The van der Waals surface area contributed by atoms with Crippen LogP contribution in [0.3, 0.4) is 0 Å². The number of fused-ring (bicyclic) bond motifs is 8. The van der Waals surface area contributed by atoms with Gasteiger partial charge in [-0.3, -0.25) is 0 Å². The molecule has 8 heteroatoms. The van der Waals surface area contributed by atoms with Crippen LogP contribution in [0.4, 0.5) is 13.2 Å². The molecule has 4 aromatic carbocycles. The van der Waals surface area contributed by atoms with E-state index in [9.17, 15) is 0 Å². The van der Waals surface area contributed by atoms with E-state index in [1.54, 1.807) is 6.07 Å². The molecule has 7 aromatic rings. The number of nitrogens with zero attached hydrogens (tertiary/aromatic N) is 3. The van der Waals surface area contributed by atoms with Crippen LogP contribution in [0.25, 0.3) is 84.9 Å². The Kier molecular flexibility index (Phi) is 8.89. The van der Waals surface area contributed by atoms with E-state index in [1.807, 2.05) is 158 Å². The van der Waals surface area contributed by atoms with Gasteiger partial charge in [-0.1, -0.05) is 109 Å². The summed E-state index contributed by atoms with van der Waals surface area (Å²) in [5.41, 5.74) is 8.57.